The molecule has 5 nitrogen and oxygen atoms in total. The second-order valence-corrected chi connectivity index (χ2v) is 8.73. The molecule has 1 unspecified atom stereocenters. The minimum atomic E-state index is -3.60. The quantitative estimate of drug-likeness (QED) is 0.895. The maximum atomic E-state index is 13.0. The molecule has 138 valence electrons. The molecule has 1 N–H and O–H groups in total. The number of nitrogens with one attached hydrogen (secondary N) is 1. The normalized spacial score (nSPS) is 18.5. The van der Waals surface area contributed by atoms with Gasteiger partial charge >= 0.3 is 0 Å². The van der Waals surface area contributed by atoms with Gasteiger partial charge in [0, 0.05) is 18.8 Å². The first kappa shape index (κ1) is 18.6. The van der Waals surface area contributed by atoms with E-state index in [2.05, 4.69) is 5.32 Å². The monoisotopic (exact) mass is 372 g/mol. The average molecular weight is 372 g/mol. The number of hydrogen-bond donors (Lipinski definition) is 1. The third-order valence-corrected chi connectivity index (χ3v) is 6.77. The molecular weight excluding hydrogens is 348 g/mol. The van der Waals surface area contributed by atoms with Gasteiger partial charge < -0.3 is 5.32 Å². The Morgan fingerprint density at radius 2 is 1.85 bits per heavy atom. The van der Waals surface area contributed by atoms with Gasteiger partial charge in [-0.05, 0) is 50.5 Å². The summed E-state index contributed by atoms with van der Waals surface area (Å²) in [5.74, 6) is -0.471. The van der Waals surface area contributed by atoms with Crippen LogP contribution in [-0.4, -0.2) is 31.7 Å². The number of benzene rings is 2. The van der Waals surface area contributed by atoms with E-state index < -0.39 is 10.0 Å². The molecule has 26 heavy (non-hydrogen) atoms. The fourth-order valence-electron chi connectivity index (χ4n) is 3.37. The van der Waals surface area contributed by atoms with Crippen molar-refractivity contribution in [2.24, 2.45) is 5.92 Å². The van der Waals surface area contributed by atoms with Crippen LogP contribution in [0.3, 0.4) is 0 Å². The second-order valence-electron chi connectivity index (χ2n) is 6.83. The fourth-order valence-corrected chi connectivity index (χ4v) is 5.10. The van der Waals surface area contributed by atoms with Gasteiger partial charge in [-0.15, -0.1) is 0 Å². The van der Waals surface area contributed by atoms with Crippen LogP contribution in [0.15, 0.2) is 53.4 Å². The van der Waals surface area contributed by atoms with Crippen molar-refractivity contribution in [3.05, 3.63) is 59.7 Å². The highest BCUT2D eigenvalue weighted by Crippen LogP contribution is 2.27. The fraction of sp³-hybridized carbons (Fsp3) is 0.350. The summed E-state index contributed by atoms with van der Waals surface area (Å²) in [5.41, 5.74) is 2.49. The molecule has 2 aromatic carbocycles. The van der Waals surface area contributed by atoms with Crippen LogP contribution in [0.25, 0.3) is 0 Å². The maximum absolute atomic E-state index is 13.0. The van der Waals surface area contributed by atoms with Gasteiger partial charge in [0.2, 0.25) is 15.9 Å². The van der Waals surface area contributed by atoms with Crippen molar-refractivity contribution in [3.8, 4) is 0 Å². The van der Waals surface area contributed by atoms with Crippen LogP contribution in [0, 0.1) is 19.8 Å². The van der Waals surface area contributed by atoms with Crippen molar-refractivity contribution < 1.29 is 13.2 Å². The Morgan fingerprint density at radius 1 is 1.12 bits per heavy atom. The minimum absolute atomic E-state index is 0.128. The number of rotatable bonds is 4. The molecule has 1 saturated heterocycles. The van der Waals surface area contributed by atoms with Gasteiger partial charge in [0.25, 0.3) is 0 Å². The van der Waals surface area contributed by atoms with Crippen molar-refractivity contribution in [2.45, 2.75) is 31.6 Å². The highest BCUT2D eigenvalue weighted by molar-refractivity contribution is 7.89. The Labute approximate surface area is 155 Å². The van der Waals surface area contributed by atoms with E-state index in [-0.39, 0.29) is 18.4 Å². The van der Waals surface area contributed by atoms with Crippen LogP contribution in [0.1, 0.15) is 24.0 Å². The summed E-state index contributed by atoms with van der Waals surface area (Å²) in [5, 5.41) is 2.88. The molecule has 0 aromatic heterocycles. The third-order valence-electron chi connectivity index (χ3n) is 4.74. The van der Waals surface area contributed by atoms with Gasteiger partial charge in [-0.1, -0.05) is 35.9 Å². The molecule has 0 spiro atoms. The van der Waals surface area contributed by atoms with Gasteiger partial charge in [0.05, 0.1) is 10.8 Å². The minimum Gasteiger partial charge on any atom is -0.326 e. The molecule has 1 heterocycles. The molecule has 1 aliphatic rings. The molecule has 1 aliphatic heterocycles. The zero-order valence-electron chi connectivity index (χ0n) is 15.1. The number of anilines is 1. The Hall–Kier alpha value is -2.18. The molecule has 0 bridgehead atoms. The number of nitrogens with zero attached hydrogens (tertiary/aromatic N) is 1. The van der Waals surface area contributed by atoms with Crippen LogP contribution in [0.4, 0.5) is 5.69 Å². The van der Waals surface area contributed by atoms with E-state index >= 15 is 0 Å². The molecule has 1 atom stereocenters. The number of amides is 1. The highest BCUT2D eigenvalue weighted by Gasteiger charge is 2.34. The van der Waals surface area contributed by atoms with Crippen LogP contribution < -0.4 is 5.32 Å². The predicted octanol–water partition coefficient (Wildman–Crippen LogP) is 3.34. The first-order chi connectivity index (χ1) is 12.4. The number of hydrogen-bond acceptors (Lipinski definition) is 3. The first-order valence-corrected chi connectivity index (χ1v) is 10.3. The molecular formula is C20H24N2O3S. The van der Waals surface area contributed by atoms with Crippen molar-refractivity contribution >= 4 is 21.6 Å². The SMILES string of the molecule is Cc1ccc(S(=O)(=O)N2CCCC(C(=O)Nc3ccccc3)C2)c(C)c1. The summed E-state index contributed by atoms with van der Waals surface area (Å²) < 4.78 is 27.5. The van der Waals surface area contributed by atoms with E-state index in [0.717, 1.165) is 16.8 Å². The second kappa shape index (κ2) is 7.60. The smallest absolute Gasteiger partial charge is 0.243 e. The van der Waals surface area contributed by atoms with Gasteiger partial charge in [0.1, 0.15) is 0 Å². The summed E-state index contributed by atoms with van der Waals surface area (Å²) >= 11 is 0. The number of carbonyl (C=O) groups is 1. The van der Waals surface area contributed by atoms with Gasteiger partial charge in [-0.25, -0.2) is 8.42 Å². The molecule has 6 heteroatoms. The lowest BCUT2D eigenvalue weighted by atomic mass is 9.99. The Kier molecular flexibility index (Phi) is 5.44. The molecule has 3 rings (SSSR count). The lowest BCUT2D eigenvalue weighted by molar-refractivity contribution is -0.120. The van der Waals surface area contributed by atoms with Crippen LogP contribution in [-0.2, 0) is 14.8 Å². The summed E-state index contributed by atoms with van der Waals surface area (Å²) in [4.78, 5) is 12.9. The van der Waals surface area contributed by atoms with Crippen LogP contribution >= 0.6 is 0 Å². The van der Waals surface area contributed by atoms with E-state index in [0.29, 0.717) is 24.3 Å². The highest BCUT2D eigenvalue weighted by atomic mass is 32.2. The number of sulfonamides is 1. The first-order valence-electron chi connectivity index (χ1n) is 8.81. The zero-order valence-corrected chi connectivity index (χ0v) is 15.9. The number of aryl methyl sites for hydroxylation is 2. The van der Waals surface area contributed by atoms with E-state index in [9.17, 15) is 13.2 Å². The van der Waals surface area contributed by atoms with Crippen molar-refractivity contribution in [1.82, 2.24) is 4.31 Å². The lowest BCUT2D eigenvalue weighted by Crippen LogP contribution is -2.43. The van der Waals surface area contributed by atoms with E-state index in [4.69, 9.17) is 0 Å². The van der Waals surface area contributed by atoms with Gasteiger partial charge in [-0.3, -0.25) is 4.79 Å². The van der Waals surface area contributed by atoms with Gasteiger partial charge in [-0.2, -0.15) is 4.31 Å². The summed E-state index contributed by atoms with van der Waals surface area (Å²) in [6.45, 7) is 4.41. The zero-order chi connectivity index (χ0) is 18.7. The third kappa shape index (κ3) is 3.97. The summed E-state index contributed by atoms with van der Waals surface area (Å²) in [6, 6.07) is 14.6. The molecule has 1 amide bonds. The molecule has 0 aliphatic carbocycles. The Morgan fingerprint density at radius 3 is 2.54 bits per heavy atom. The largest absolute Gasteiger partial charge is 0.326 e. The van der Waals surface area contributed by atoms with Crippen molar-refractivity contribution in [1.29, 1.82) is 0 Å². The lowest BCUT2D eigenvalue weighted by Gasteiger charge is -2.31. The van der Waals surface area contributed by atoms with E-state index in [1.807, 2.05) is 56.3 Å². The van der Waals surface area contributed by atoms with Crippen LogP contribution in [0.5, 0.6) is 0 Å². The molecule has 2 aromatic rings. The number of piperidine rings is 1. The molecule has 0 saturated carbocycles. The summed E-state index contributed by atoms with van der Waals surface area (Å²) in [7, 11) is -3.60. The standard InChI is InChI=1S/C20H24N2O3S/c1-15-10-11-19(16(2)13-15)26(24,25)22-12-6-7-17(14-22)20(23)21-18-8-4-3-5-9-18/h3-5,8-11,13,17H,6-7,12,14H2,1-2H3,(H,21,23). The average Bonchev–Trinajstić information content (AvgIpc) is 2.62. The van der Waals surface area contributed by atoms with Crippen molar-refractivity contribution in [2.75, 3.05) is 18.4 Å². The Bertz CT molecular complexity index is 895. The Balaban J connectivity index is 1.76. The number of para-hydroxylation sites is 1. The topological polar surface area (TPSA) is 66.5 Å². The van der Waals surface area contributed by atoms with Crippen molar-refractivity contribution in [3.63, 3.8) is 0 Å². The predicted molar refractivity (Wildman–Crippen MR) is 102 cm³/mol. The molecule has 1 fully saturated rings. The van der Waals surface area contributed by atoms with Gasteiger partial charge in [0.15, 0.2) is 0 Å². The number of carbonyl (C=O) groups excluding carboxylic acids is 1. The van der Waals surface area contributed by atoms with E-state index in [1.54, 1.807) is 6.07 Å². The molecule has 0 radical (unpaired) electrons. The van der Waals surface area contributed by atoms with E-state index in [1.165, 1.54) is 4.31 Å². The maximum Gasteiger partial charge on any atom is 0.243 e. The van der Waals surface area contributed by atoms with Crippen LogP contribution in [0.2, 0.25) is 0 Å². The summed E-state index contributed by atoms with van der Waals surface area (Å²) in [6.07, 6.45) is 1.37.